The Morgan fingerprint density at radius 2 is 1.74 bits per heavy atom. The van der Waals surface area contributed by atoms with Gasteiger partial charge in [0.05, 0.1) is 15.6 Å². The maximum Gasteiger partial charge on any atom is 0.254 e. The minimum absolute atomic E-state index is 0.0487. The number of amides is 1. The molecule has 39 heavy (non-hydrogen) atoms. The van der Waals surface area contributed by atoms with Crippen LogP contribution in [0.15, 0.2) is 84.0 Å². The molecule has 0 saturated heterocycles. The van der Waals surface area contributed by atoms with Crippen LogP contribution in [0.1, 0.15) is 50.3 Å². The number of para-hydroxylation sites is 1. The number of fused-ring (bicyclic) bond motifs is 2. The highest BCUT2D eigenvalue weighted by atomic mass is 35.5. The minimum Gasteiger partial charge on any atom is -0.348 e. The van der Waals surface area contributed by atoms with Crippen LogP contribution >= 0.6 is 34.5 Å². The molecule has 4 nitrogen and oxygen atoms in total. The first kappa shape index (κ1) is 25.9. The smallest absolute Gasteiger partial charge is 0.254 e. The summed E-state index contributed by atoms with van der Waals surface area (Å²) < 4.78 is 2.20. The molecule has 0 aliphatic heterocycles. The highest BCUT2D eigenvalue weighted by molar-refractivity contribution is 7.16. The zero-order chi connectivity index (χ0) is 26.8. The van der Waals surface area contributed by atoms with E-state index in [-0.39, 0.29) is 5.91 Å². The van der Waals surface area contributed by atoms with Crippen molar-refractivity contribution in [2.45, 2.75) is 38.8 Å². The number of aliphatic imine (C=N–C) groups is 1. The fourth-order valence-electron chi connectivity index (χ4n) is 5.21. The molecule has 5 aromatic rings. The quantitative estimate of drug-likeness (QED) is 0.195. The highest BCUT2D eigenvalue weighted by Crippen LogP contribution is 2.40. The predicted octanol–water partition coefficient (Wildman–Crippen LogP) is 8.62. The number of rotatable bonds is 7. The Morgan fingerprint density at radius 3 is 2.59 bits per heavy atom. The van der Waals surface area contributed by atoms with Crippen LogP contribution in [0.5, 0.6) is 0 Å². The van der Waals surface area contributed by atoms with Crippen molar-refractivity contribution in [2.24, 2.45) is 4.99 Å². The molecule has 0 radical (unpaired) electrons. The lowest BCUT2D eigenvalue weighted by Crippen LogP contribution is -2.24. The Labute approximate surface area is 241 Å². The van der Waals surface area contributed by atoms with Crippen LogP contribution in [0, 0.1) is 0 Å². The number of carbonyl (C=O) groups excluding carboxylic acids is 1. The van der Waals surface area contributed by atoms with Gasteiger partial charge in [-0.15, -0.1) is 11.3 Å². The number of nitrogens with one attached hydrogen (secondary N) is 1. The number of halogens is 2. The van der Waals surface area contributed by atoms with Crippen LogP contribution in [-0.2, 0) is 25.9 Å². The summed E-state index contributed by atoms with van der Waals surface area (Å²) in [5, 5.41) is 6.12. The summed E-state index contributed by atoms with van der Waals surface area (Å²) in [7, 11) is 0. The summed E-state index contributed by atoms with van der Waals surface area (Å²) in [6, 6.07) is 24.0. The van der Waals surface area contributed by atoms with Crippen molar-refractivity contribution < 1.29 is 4.79 Å². The fourth-order valence-corrected chi connectivity index (χ4v) is 6.77. The summed E-state index contributed by atoms with van der Waals surface area (Å²) in [6.07, 6.45) is 8.21. The third kappa shape index (κ3) is 5.53. The van der Waals surface area contributed by atoms with Crippen molar-refractivity contribution in [3.8, 4) is 0 Å². The van der Waals surface area contributed by atoms with Crippen LogP contribution in [0.4, 0.5) is 5.00 Å². The second kappa shape index (κ2) is 11.4. The second-order valence-electron chi connectivity index (χ2n) is 9.80. The average molecular weight is 573 g/mol. The largest absolute Gasteiger partial charge is 0.348 e. The van der Waals surface area contributed by atoms with Gasteiger partial charge < -0.3 is 9.88 Å². The molecule has 6 rings (SSSR count). The van der Waals surface area contributed by atoms with Gasteiger partial charge in [-0.3, -0.25) is 4.79 Å². The number of hydrogen-bond acceptors (Lipinski definition) is 3. The molecule has 7 heteroatoms. The molecule has 1 aliphatic carbocycles. The van der Waals surface area contributed by atoms with Crippen molar-refractivity contribution in [3.63, 3.8) is 0 Å². The zero-order valence-corrected chi connectivity index (χ0v) is 23.6. The van der Waals surface area contributed by atoms with Crippen molar-refractivity contribution in [2.75, 3.05) is 0 Å². The topological polar surface area (TPSA) is 46.4 Å². The van der Waals surface area contributed by atoms with Gasteiger partial charge in [0.2, 0.25) is 0 Å². The lowest BCUT2D eigenvalue weighted by molar-refractivity contribution is 0.0951. The first-order valence-electron chi connectivity index (χ1n) is 13.1. The lowest BCUT2D eigenvalue weighted by atomic mass is 9.95. The van der Waals surface area contributed by atoms with Gasteiger partial charge in [0.15, 0.2) is 0 Å². The van der Waals surface area contributed by atoms with Crippen LogP contribution in [0.3, 0.4) is 0 Å². The van der Waals surface area contributed by atoms with Crippen LogP contribution in [0.25, 0.3) is 10.9 Å². The van der Waals surface area contributed by atoms with E-state index in [1.807, 2.05) is 66.9 Å². The molecule has 0 fully saturated rings. The molecule has 0 saturated carbocycles. The van der Waals surface area contributed by atoms with E-state index in [2.05, 4.69) is 28.2 Å². The van der Waals surface area contributed by atoms with Gasteiger partial charge in [-0.1, -0.05) is 77.8 Å². The van der Waals surface area contributed by atoms with Gasteiger partial charge in [-0.25, -0.2) is 4.99 Å². The molecule has 1 N–H and O–H groups in total. The van der Waals surface area contributed by atoms with E-state index < -0.39 is 0 Å². The fraction of sp³-hybridized carbons (Fsp3) is 0.188. The summed E-state index contributed by atoms with van der Waals surface area (Å²) in [4.78, 5) is 19.7. The summed E-state index contributed by atoms with van der Waals surface area (Å²) in [5.41, 5.74) is 6.17. The second-order valence-corrected chi connectivity index (χ2v) is 11.7. The molecular formula is C32H27Cl2N3OS. The molecule has 0 atom stereocenters. The van der Waals surface area contributed by atoms with Gasteiger partial charge in [0.1, 0.15) is 5.00 Å². The van der Waals surface area contributed by atoms with Crippen molar-refractivity contribution in [1.29, 1.82) is 0 Å². The first-order valence-corrected chi connectivity index (χ1v) is 14.7. The Bertz CT molecular complexity index is 1690. The number of hydrogen-bond donors (Lipinski definition) is 1. The van der Waals surface area contributed by atoms with Crippen LogP contribution in [0.2, 0.25) is 10.0 Å². The molecule has 1 aliphatic rings. The van der Waals surface area contributed by atoms with Gasteiger partial charge in [0, 0.05) is 46.8 Å². The molecule has 196 valence electrons. The number of thiophene rings is 1. The summed E-state index contributed by atoms with van der Waals surface area (Å²) >= 11 is 14.0. The van der Waals surface area contributed by atoms with Gasteiger partial charge in [-0.2, -0.15) is 0 Å². The van der Waals surface area contributed by atoms with E-state index in [9.17, 15) is 4.79 Å². The Kier molecular flexibility index (Phi) is 7.55. The molecule has 0 spiro atoms. The molecule has 3 aromatic carbocycles. The Hall–Kier alpha value is -3.38. The van der Waals surface area contributed by atoms with E-state index in [4.69, 9.17) is 28.2 Å². The summed E-state index contributed by atoms with van der Waals surface area (Å²) in [5.74, 6) is -0.0487. The van der Waals surface area contributed by atoms with Crippen molar-refractivity contribution in [3.05, 3.63) is 122 Å². The molecular weight excluding hydrogens is 545 g/mol. The van der Waals surface area contributed by atoms with Crippen LogP contribution in [-0.4, -0.2) is 16.7 Å². The minimum atomic E-state index is -0.0487. The molecule has 2 heterocycles. The molecule has 1 amide bonds. The SMILES string of the molecule is O=C(NCc1ccccc1)c1c(N=Cc2cn(Cc3ccc(Cl)c(Cl)c3)c3ccccc23)sc2c1CCCC2. The maximum absolute atomic E-state index is 13.5. The lowest BCUT2D eigenvalue weighted by Gasteiger charge is -2.12. The Balaban J connectivity index is 1.32. The average Bonchev–Trinajstić information content (AvgIpc) is 3.51. The Morgan fingerprint density at radius 1 is 0.949 bits per heavy atom. The van der Waals surface area contributed by atoms with Gasteiger partial charge in [-0.05, 0) is 60.6 Å². The van der Waals surface area contributed by atoms with E-state index in [1.54, 1.807) is 11.3 Å². The number of benzene rings is 3. The van der Waals surface area contributed by atoms with E-state index in [0.717, 1.165) is 63.8 Å². The van der Waals surface area contributed by atoms with Crippen molar-refractivity contribution in [1.82, 2.24) is 9.88 Å². The van der Waals surface area contributed by atoms with Crippen LogP contribution < -0.4 is 5.32 Å². The monoisotopic (exact) mass is 571 g/mol. The highest BCUT2D eigenvalue weighted by Gasteiger charge is 2.25. The number of aromatic nitrogens is 1. The number of carbonyl (C=O) groups is 1. The molecule has 0 bridgehead atoms. The molecule has 0 unspecified atom stereocenters. The predicted molar refractivity (Wildman–Crippen MR) is 163 cm³/mol. The maximum atomic E-state index is 13.5. The van der Waals surface area contributed by atoms with E-state index in [0.29, 0.717) is 23.1 Å². The van der Waals surface area contributed by atoms with E-state index >= 15 is 0 Å². The number of aryl methyl sites for hydroxylation is 1. The van der Waals surface area contributed by atoms with E-state index in [1.165, 1.54) is 10.4 Å². The number of nitrogens with zero attached hydrogens (tertiary/aromatic N) is 2. The van der Waals surface area contributed by atoms with Crippen molar-refractivity contribution >= 4 is 62.6 Å². The third-order valence-electron chi connectivity index (χ3n) is 7.15. The van der Waals surface area contributed by atoms with Gasteiger partial charge in [0.25, 0.3) is 5.91 Å². The standard InChI is InChI=1S/C32H27Cl2N3OS/c33-26-15-14-22(16-27(26)34)19-37-20-23(24-10-4-6-12-28(24)37)18-36-32-30(25-11-5-7-13-29(25)39-32)31(38)35-17-21-8-2-1-3-9-21/h1-4,6,8-10,12,14-16,18,20H,5,7,11,13,17,19H2,(H,35,38). The summed E-state index contributed by atoms with van der Waals surface area (Å²) in [6.45, 7) is 1.15. The zero-order valence-electron chi connectivity index (χ0n) is 21.3. The molecule has 2 aromatic heterocycles. The normalized spacial score (nSPS) is 13.2. The first-order chi connectivity index (χ1) is 19.1. The van der Waals surface area contributed by atoms with Gasteiger partial charge >= 0.3 is 0 Å². The third-order valence-corrected chi connectivity index (χ3v) is 9.09.